The summed E-state index contributed by atoms with van der Waals surface area (Å²) in [5.41, 5.74) is 0.672. The molecule has 0 aliphatic rings. The van der Waals surface area contributed by atoms with Crippen LogP contribution < -0.4 is 9.47 Å². The Bertz CT molecular complexity index is 585. The van der Waals surface area contributed by atoms with Gasteiger partial charge in [-0.1, -0.05) is 0 Å². The van der Waals surface area contributed by atoms with Crippen LogP contribution in [0, 0.1) is 11.3 Å². The summed E-state index contributed by atoms with van der Waals surface area (Å²) in [4.78, 5) is 10.4. The minimum Gasteiger partial charge on any atom is -0.502 e. The number of carboxylic acid groups (broad SMARTS) is 1. The third kappa shape index (κ3) is 3.78. The summed E-state index contributed by atoms with van der Waals surface area (Å²) < 4.78 is 9.97. The van der Waals surface area contributed by atoms with Crippen LogP contribution in [0.5, 0.6) is 17.2 Å². The SMILES string of the molecule is COc1cc(C=C(C#N)C=CC(=O)O)cc(OC)c1O. The Balaban J connectivity index is 3.25. The normalized spacial score (nSPS) is 11.2. The van der Waals surface area contributed by atoms with Gasteiger partial charge in [0.05, 0.1) is 25.9 Å². The van der Waals surface area contributed by atoms with E-state index < -0.39 is 5.97 Å². The molecule has 6 nitrogen and oxygen atoms in total. The highest BCUT2D eigenvalue weighted by atomic mass is 16.5. The Morgan fingerprint density at radius 1 is 1.25 bits per heavy atom. The van der Waals surface area contributed by atoms with Crippen molar-refractivity contribution in [3.8, 4) is 23.3 Å². The van der Waals surface area contributed by atoms with Gasteiger partial charge in [0, 0.05) is 6.08 Å². The maximum Gasteiger partial charge on any atom is 0.328 e. The number of hydrogen-bond acceptors (Lipinski definition) is 5. The van der Waals surface area contributed by atoms with Gasteiger partial charge in [0.15, 0.2) is 11.5 Å². The largest absolute Gasteiger partial charge is 0.502 e. The number of benzene rings is 1. The lowest BCUT2D eigenvalue weighted by Crippen LogP contribution is -1.91. The van der Waals surface area contributed by atoms with E-state index in [0.29, 0.717) is 5.56 Å². The number of nitriles is 1. The summed E-state index contributed by atoms with van der Waals surface area (Å²) in [6, 6.07) is 4.87. The van der Waals surface area contributed by atoms with Crippen molar-refractivity contribution in [3.63, 3.8) is 0 Å². The van der Waals surface area contributed by atoms with E-state index in [2.05, 4.69) is 0 Å². The molecule has 0 amide bonds. The molecule has 1 aromatic carbocycles. The molecule has 0 aliphatic heterocycles. The molecule has 0 saturated heterocycles. The fourth-order valence-electron chi connectivity index (χ4n) is 1.46. The second-order valence-corrected chi connectivity index (χ2v) is 3.66. The van der Waals surface area contributed by atoms with Gasteiger partial charge in [-0.3, -0.25) is 0 Å². The zero-order valence-corrected chi connectivity index (χ0v) is 11.0. The number of carboxylic acids is 1. The van der Waals surface area contributed by atoms with Gasteiger partial charge in [0.1, 0.15) is 0 Å². The summed E-state index contributed by atoms with van der Waals surface area (Å²) >= 11 is 0. The van der Waals surface area contributed by atoms with Crippen LogP contribution in [0.15, 0.2) is 29.9 Å². The predicted molar refractivity (Wildman–Crippen MR) is 71.6 cm³/mol. The number of nitrogens with zero attached hydrogens (tertiary/aromatic N) is 1. The highest BCUT2D eigenvalue weighted by Crippen LogP contribution is 2.37. The van der Waals surface area contributed by atoms with Gasteiger partial charge in [-0.25, -0.2) is 4.79 Å². The van der Waals surface area contributed by atoms with Crippen LogP contribution in [-0.4, -0.2) is 30.4 Å². The summed E-state index contributed by atoms with van der Waals surface area (Å²) in [7, 11) is 2.77. The number of aliphatic carboxylic acids is 1. The summed E-state index contributed by atoms with van der Waals surface area (Å²) in [5.74, 6) is -0.913. The maximum atomic E-state index is 10.4. The van der Waals surface area contributed by atoms with E-state index in [4.69, 9.17) is 19.8 Å². The van der Waals surface area contributed by atoms with Gasteiger partial charge >= 0.3 is 5.97 Å². The summed E-state index contributed by atoms with van der Waals surface area (Å²) in [6.07, 6.45) is 3.49. The lowest BCUT2D eigenvalue weighted by atomic mass is 10.1. The van der Waals surface area contributed by atoms with Gasteiger partial charge in [-0.2, -0.15) is 5.26 Å². The van der Waals surface area contributed by atoms with Gasteiger partial charge in [0.25, 0.3) is 0 Å². The molecule has 6 heteroatoms. The molecule has 0 heterocycles. The minimum absolute atomic E-state index is 0.141. The third-order valence-electron chi connectivity index (χ3n) is 2.36. The van der Waals surface area contributed by atoms with Crippen molar-refractivity contribution >= 4 is 12.0 Å². The van der Waals surface area contributed by atoms with E-state index in [9.17, 15) is 9.90 Å². The van der Waals surface area contributed by atoms with E-state index in [1.54, 1.807) is 0 Å². The molecule has 104 valence electrons. The van der Waals surface area contributed by atoms with Crippen molar-refractivity contribution in [2.24, 2.45) is 0 Å². The summed E-state index contributed by atoms with van der Waals surface area (Å²) in [5, 5.41) is 27.2. The Morgan fingerprint density at radius 3 is 2.20 bits per heavy atom. The number of phenols is 1. The van der Waals surface area contributed by atoms with Crippen LogP contribution in [-0.2, 0) is 4.79 Å². The average Bonchev–Trinajstić information content (AvgIpc) is 2.44. The Hall–Kier alpha value is -2.94. The van der Waals surface area contributed by atoms with E-state index >= 15 is 0 Å². The van der Waals surface area contributed by atoms with Crippen LogP contribution in [0.4, 0.5) is 0 Å². The smallest absolute Gasteiger partial charge is 0.328 e. The van der Waals surface area contributed by atoms with E-state index in [-0.39, 0.29) is 22.8 Å². The van der Waals surface area contributed by atoms with Gasteiger partial charge in [0.2, 0.25) is 5.75 Å². The van der Waals surface area contributed by atoms with Crippen LogP contribution >= 0.6 is 0 Å². The first-order valence-corrected chi connectivity index (χ1v) is 5.49. The maximum absolute atomic E-state index is 10.4. The average molecular weight is 275 g/mol. The molecule has 0 fully saturated rings. The predicted octanol–water partition coefficient (Wildman–Crippen LogP) is 1.96. The highest BCUT2D eigenvalue weighted by molar-refractivity contribution is 5.81. The number of aromatic hydroxyl groups is 1. The first-order chi connectivity index (χ1) is 9.51. The van der Waals surface area contributed by atoms with Gasteiger partial charge in [-0.05, 0) is 29.8 Å². The van der Waals surface area contributed by atoms with Crippen LogP contribution in [0.3, 0.4) is 0 Å². The number of hydrogen-bond donors (Lipinski definition) is 2. The van der Waals surface area contributed by atoms with Crippen molar-refractivity contribution < 1.29 is 24.5 Å². The minimum atomic E-state index is -1.15. The molecule has 0 spiro atoms. The molecule has 1 aromatic rings. The standard InChI is InChI=1S/C14H13NO5/c1-19-11-6-10(7-12(20-2)14(11)18)5-9(8-15)3-4-13(16)17/h3-7,18H,1-2H3,(H,16,17). The van der Waals surface area contributed by atoms with Crippen molar-refractivity contribution in [3.05, 3.63) is 35.4 Å². The molecule has 0 aliphatic carbocycles. The van der Waals surface area contributed by atoms with Crippen molar-refractivity contribution in [1.29, 1.82) is 5.26 Å². The van der Waals surface area contributed by atoms with Gasteiger partial charge < -0.3 is 19.7 Å². The molecule has 0 bridgehead atoms. The molecule has 2 N–H and O–H groups in total. The molecule has 0 saturated carbocycles. The van der Waals surface area contributed by atoms with E-state index in [0.717, 1.165) is 6.08 Å². The van der Waals surface area contributed by atoms with Crippen LogP contribution in [0.1, 0.15) is 5.56 Å². The second kappa shape index (κ2) is 6.85. The van der Waals surface area contributed by atoms with Crippen molar-refractivity contribution in [2.75, 3.05) is 14.2 Å². The zero-order valence-electron chi connectivity index (χ0n) is 11.0. The number of rotatable bonds is 5. The molecule has 0 unspecified atom stereocenters. The Morgan fingerprint density at radius 2 is 1.80 bits per heavy atom. The topological polar surface area (TPSA) is 99.8 Å². The van der Waals surface area contributed by atoms with E-state index in [1.165, 1.54) is 38.5 Å². The molecule has 0 aromatic heterocycles. The van der Waals surface area contributed by atoms with Crippen LogP contribution in [0.25, 0.3) is 6.08 Å². The van der Waals surface area contributed by atoms with E-state index in [1.807, 2.05) is 6.07 Å². The zero-order chi connectivity index (χ0) is 15.1. The lowest BCUT2D eigenvalue weighted by Gasteiger charge is -2.09. The Kier molecular flexibility index (Phi) is 5.18. The Labute approximate surface area is 115 Å². The fraction of sp³-hybridized carbons (Fsp3) is 0.143. The molecular weight excluding hydrogens is 262 g/mol. The number of ether oxygens (including phenoxy) is 2. The van der Waals surface area contributed by atoms with Crippen molar-refractivity contribution in [2.45, 2.75) is 0 Å². The summed E-state index contributed by atoms with van der Waals surface area (Å²) in [6.45, 7) is 0. The highest BCUT2D eigenvalue weighted by Gasteiger charge is 2.10. The quantitative estimate of drug-likeness (QED) is 0.484. The second-order valence-electron chi connectivity index (χ2n) is 3.66. The first kappa shape index (κ1) is 15.1. The van der Waals surface area contributed by atoms with Gasteiger partial charge in [-0.15, -0.1) is 0 Å². The molecule has 20 heavy (non-hydrogen) atoms. The first-order valence-electron chi connectivity index (χ1n) is 5.49. The molecular formula is C14H13NO5. The molecule has 0 atom stereocenters. The third-order valence-corrected chi connectivity index (χ3v) is 2.36. The fourth-order valence-corrected chi connectivity index (χ4v) is 1.46. The number of carbonyl (C=O) groups is 1. The molecule has 1 rings (SSSR count). The number of phenolic OH excluding ortho intramolecular Hbond substituents is 1. The number of allylic oxidation sites excluding steroid dienone is 2. The lowest BCUT2D eigenvalue weighted by molar-refractivity contribution is -0.131. The van der Waals surface area contributed by atoms with Crippen molar-refractivity contribution in [1.82, 2.24) is 0 Å². The van der Waals surface area contributed by atoms with Crippen LogP contribution in [0.2, 0.25) is 0 Å². The molecule has 0 radical (unpaired) electrons. The monoisotopic (exact) mass is 275 g/mol. The number of methoxy groups -OCH3 is 2.